The number of amides is 2. The number of methoxy groups -OCH3 is 1. The molecular formula is C27H32FN5O5. The second kappa shape index (κ2) is 10.1. The summed E-state index contributed by atoms with van der Waals surface area (Å²) in [5, 5.41) is 4.69. The van der Waals surface area contributed by atoms with E-state index in [-0.39, 0.29) is 46.9 Å². The van der Waals surface area contributed by atoms with E-state index in [0.717, 1.165) is 19.3 Å². The molecule has 1 atom stereocenters. The molecule has 0 spiro atoms. The van der Waals surface area contributed by atoms with Gasteiger partial charge < -0.3 is 23.8 Å². The summed E-state index contributed by atoms with van der Waals surface area (Å²) in [7, 11) is 3.12. The summed E-state index contributed by atoms with van der Waals surface area (Å²) in [4.78, 5) is 44.5. The summed E-state index contributed by atoms with van der Waals surface area (Å²) in [6.07, 6.45) is 2.29. The van der Waals surface area contributed by atoms with Crippen molar-refractivity contribution in [1.29, 1.82) is 0 Å². The molecule has 2 aromatic heterocycles. The Kier molecular flexibility index (Phi) is 6.85. The lowest BCUT2D eigenvalue weighted by Crippen LogP contribution is -2.42. The number of halogens is 1. The van der Waals surface area contributed by atoms with Crippen LogP contribution < -0.4 is 15.0 Å². The summed E-state index contributed by atoms with van der Waals surface area (Å²) in [5.74, 6) is -0.614. The molecule has 2 bridgehead atoms. The third-order valence-corrected chi connectivity index (χ3v) is 7.35. The summed E-state index contributed by atoms with van der Waals surface area (Å²) < 4.78 is 28.5. The standard InChI is InChI=1S/C27H32FN5O5/c1-5-31-14-16(2)33-22-20(24(37-4)23(33)27(31)36)25(34)32-15-17-9-10-18(28)13-19(17)38-12-8-6-7-11-30(3)26(35)21(22)29-32/h9-10,13,16H,5-8,11-12,14-15H2,1-4H3/t16-/m0/s1. The molecule has 2 amide bonds. The highest BCUT2D eigenvalue weighted by atomic mass is 19.1. The van der Waals surface area contributed by atoms with E-state index in [1.807, 2.05) is 13.8 Å². The topological polar surface area (TPSA) is 98.9 Å². The van der Waals surface area contributed by atoms with Crippen LogP contribution in [0.25, 0.3) is 10.9 Å². The first-order valence-electron chi connectivity index (χ1n) is 13.0. The molecule has 0 saturated carbocycles. The van der Waals surface area contributed by atoms with Gasteiger partial charge in [0.1, 0.15) is 17.0 Å². The SMILES string of the molecule is CCN1C[C@H](C)n2c(c(OC)c3c(=O)n4nc(c32)C(=O)N(C)CCCCCOc2cc(F)ccc2C4)C1=O. The normalized spacial score (nSPS) is 18.6. The van der Waals surface area contributed by atoms with Crippen LogP contribution in [0.1, 0.15) is 65.7 Å². The molecule has 2 aliphatic rings. The smallest absolute Gasteiger partial charge is 0.280 e. The Labute approximate surface area is 219 Å². The first kappa shape index (κ1) is 25.7. The number of nitrogens with zero attached hydrogens (tertiary/aromatic N) is 5. The van der Waals surface area contributed by atoms with Gasteiger partial charge in [0.15, 0.2) is 17.1 Å². The maximum Gasteiger partial charge on any atom is 0.280 e. The number of rotatable bonds is 2. The van der Waals surface area contributed by atoms with Crippen molar-refractivity contribution < 1.29 is 23.5 Å². The van der Waals surface area contributed by atoms with E-state index in [1.54, 1.807) is 27.5 Å². The second-order valence-corrected chi connectivity index (χ2v) is 9.87. The quantitative estimate of drug-likeness (QED) is 0.510. The van der Waals surface area contributed by atoms with Gasteiger partial charge in [0.2, 0.25) is 0 Å². The minimum atomic E-state index is -0.511. The van der Waals surface area contributed by atoms with E-state index in [1.165, 1.54) is 23.9 Å². The van der Waals surface area contributed by atoms with Crippen LogP contribution in [0.4, 0.5) is 4.39 Å². The van der Waals surface area contributed by atoms with Gasteiger partial charge in [-0.1, -0.05) is 6.07 Å². The van der Waals surface area contributed by atoms with Crippen molar-refractivity contribution in [3.05, 3.63) is 51.3 Å². The lowest BCUT2D eigenvalue weighted by atomic mass is 10.1. The molecule has 38 heavy (non-hydrogen) atoms. The van der Waals surface area contributed by atoms with Crippen molar-refractivity contribution in [2.75, 3.05) is 40.4 Å². The molecule has 0 radical (unpaired) electrons. The molecule has 0 saturated heterocycles. The van der Waals surface area contributed by atoms with Crippen LogP contribution in [0.15, 0.2) is 23.0 Å². The number of likely N-dealkylation sites (N-methyl/N-ethyl adjacent to an activating group) is 1. The Morgan fingerprint density at radius 2 is 1.95 bits per heavy atom. The monoisotopic (exact) mass is 525 g/mol. The molecule has 2 aliphatic heterocycles. The van der Waals surface area contributed by atoms with Crippen LogP contribution in [-0.2, 0) is 6.54 Å². The van der Waals surface area contributed by atoms with Gasteiger partial charge in [-0.2, -0.15) is 5.10 Å². The highest BCUT2D eigenvalue weighted by Crippen LogP contribution is 2.39. The highest BCUT2D eigenvalue weighted by molar-refractivity contribution is 6.10. The number of fused-ring (bicyclic) bond motifs is 7. The molecule has 1 aromatic carbocycles. The number of hydrogen-bond donors (Lipinski definition) is 0. The maximum atomic E-state index is 14.1. The fraction of sp³-hybridized carbons (Fsp3) is 0.481. The fourth-order valence-electron chi connectivity index (χ4n) is 5.38. The average Bonchev–Trinajstić information content (AvgIpc) is 3.26. The zero-order valence-corrected chi connectivity index (χ0v) is 22.1. The van der Waals surface area contributed by atoms with Crippen molar-refractivity contribution in [3.8, 4) is 11.5 Å². The number of benzene rings is 1. The predicted octanol–water partition coefficient (Wildman–Crippen LogP) is 3.07. The van der Waals surface area contributed by atoms with Crippen LogP contribution in [0, 0.1) is 5.82 Å². The summed E-state index contributed by atoms with van der Waals surface area (Å²) in [6.45, 7) is 5.57. The molecule has 0 N–H and O–H groups in total. The number of carbonyl (C=O) groups is 2. The van der Waals surface area contributed by atoms with E-state index < -0.39 is 11.4 Å². The van der Waals surface area contributed by atoms with Gasteiger partial charge in [0.05, 0.1) is 25.8 Å². The van der Waals surface area contributed by atoms with Crippen LogP contribution in [0.2, 0.25) is 0 Å². The minimum absolute atomic E-state index is 0.0529. The molecule has 202 valence electrons. The Hall–Kier alpha value is -3.89. The molecule has 10 nitrogen and oxygen atoms in total. The third kappa shape index (κ3) is 4.19. The first-order chi connectivity index (χ1) is 18.3. The van der Waals surface area contributed by atoms with Crippen LogP contribution in [-0.4, -0.2) is 76.4 Å². The maximum absolute atomic E-state index is 14.1. The Morgan fingerprint density at radius 1 is 1.16 bits per heavy atom. The van der Waals surface area contributed by atoms with Crippen LogP contribution in [0.3, 0.4) is 0 Å². The van der Waals surface area contributed by atoms with Crippen molar-refractivity contribution >= 4 is 22.7 Å². The van der Waals surface area contributed by atoms with Crippen molar-refractivity contribution in [2.24, 2.45) is 0 Å². The number of carbonyl (C=O) groups excluding carboxylic acids is 2. The molecule has 11 heteroatoms. The van der Waals surface area contributed by atoms with Crippen LogP contribution >= 0.6 is 0 Å². The minimum Gasteiger partial charge on any atom is -0.493 e. The van der Waals surface area contributed by atoms with Gasteiger partial charge in [-0.25, -0.2) is 9.07 Å². The summed E-state index contributed by atoms with van der Waals surface area (Å²) >= 11 is 0. The Bertz CT molecular complexity index is 1480. The molecular weight excluding hydrogens is 493 g/mol. The summed E-state index contributed by atoms with van der Waals surface area (Å²) in [6, 6.07) is 3.93. The average molecular weight is 526 g/mol. The van der Waals surface area contributed by atoms with Crippen molar-refractivity contribution in [2.45, 2.75) is 45.7 Å². The molecule has 0 aliphatic carbocycles. The molecule has 5 rings (SSSR count). The van der Waals surface area contributed by atoms with E-state index in [4.69, 9.17) is 9.47 Å². The highest BCUT2D eigenvalue weighted by Gasteiger charge is 2.38. The Balaban J connectivity index is 1.82. The van der Waals surface area contributed by atoms with Crippen molar-refractivity contribution in [3.63, 3.8) is 0 Å². The van der Waals surface area contributed by atoms with E-state index in [0.29, 0.717) is 43.1 Å². The van der Waals surface area contributed by atoms with E-state index >= 15 is 0 Å². The molecule has 0 fully saturated rings. The molecule has 0 unspecified atom stereocenters. The lowest BCUT2D eigenvalue weighted by molar-refractivity contribution is 0.0683. The van der Waals surface area contributed by atoms with Gasteiger partial charge in [-0.05, 0) is 39.2 Å². The third-order valence-electron chi connectivity index (χ3n) is 7.35. The van der Waals surface area contributed by atoms with Gasteiger partial charge in [-0.3, -0.25) is 14.4 Å². The first-order valence-corrected chi connectivity index (χ1v) is 13.0. The lowest BCUT2D eigenvalue weighted by Gasteiger charge is -2.33. The van der Waals surface area contributed by atoms with Gasteiger partial charge in [0, 0.05) is 44.4 Å². The predicted molar refractivity (Wildman–Crippen MR) is 139 cm³/mol. The van der Waals surface area contributed by atoms with Crippen LogP contribution in [0.5, 0.6) is 11.5 Å². The Morgan fingerprint density at radius 3 is 2.68 bits per heavy atom. The molecule has 4 heterocycles. The van der Waals surface area contributed by atoms with Gasteiger partial charge in [-0.15, -0.1) is 0 Å². The second-order valence-electron chi connectivity index (χ2n) is 9.87. The number of hydrogen-bond acceptors (Lipinski definition) is 6. The van der Waals surface area contributed by atoms with Gasteiger partial charge in [0.25, 0.3) is 17.4 Å². The number of ether oxygens (including phenoxy) is 2. The van der Waals surface area contributed by atoms with Crippen molar-refractivity contribution in [1.82, 2.24) is 24.1 Å². The fourth-order valence-corrected chi connectivity index (χ4v) is 5.38. The number of aromatic nitrogens is 3. The summed E-state index contributed by atoms with van der Waals surface area (Å²) in [5.41, 5.74) is 0.643. The van der Waals surface area contributed by atoms with E-state index in [2.05, 4.69) is 5.10 Å². The van der Waals surface area contributed by atoms with E-state index in [9.17, 15) is 18.8 Å². The molecule has 3 aromatic rings. The largest absolute Gasteiger partial charge is 0.493 e. The zero-order valence-electron chi connectivity index (χ0n) is 22.1. The zero-order chi connectivity index (χ0) is 27.1. The van der Waals surface area contributed by atoms with Gasteiger partial charge >= 0.3 is 0 Å².